The molecule has 0 spiro atoms. The van der Waals surface area contributed by atoms with Crippen LogP contribution in [0.1, 0.15) is 39.5 Å². The average Bonchev–Trinajstić information content (AvgIpc) is 2.41. The van der Waals surface area contributed by atoms with Crippen LogP contribution in [0.5, 0.6) is 5.75 Å². The van der Waals surface area contributed by atoms with E-state index in [-0.39, 0.29) is 24.6 Å². The van der Waals surface area contributed by atoms with Crippen LogP contribution >= 0.6 is 0 Å². The van der Waals surface area contributed by atoms with E-state index in [0.717, 1.165) is 6.42 Å². The van der Waals surface area contributed by atoms with Crippen LogP contribution in [0.2, 0.25) is 0 Å². The largest absolute Gasteiger partial charge is 0.466 e. The molecule has 0 aliphatic carbocycles. The molecule has 0 N–H and O–H groups in total. The zero-order valence-corrected chi connectivity index (χ0v) is 12.4. The van der Waals surface area contributed by atoms with Crippen LogP contribution in [0.25, 0.3) is 0 Å². The Balaban J connectivity index is 2.19. The number of para-hydroxylation sites is 1. The van der Waals surface area contributed by atoms with Crippen molar-refractivity contribution in [3.05, 3.63) is 30.1 Å². The van der Waals surface area contributed by atoms with Gasteiger partial charge in [-0.1, -0.05) is 26.0 Å². The van der Waals surface area contributed by atoms with Crippen LogP contribution < -0.4 is 4.74 Å². The summed E-state index contributed by atoms with van der Waals surface area (Å²) in [4.78, 5) is 22.9. The summed E-state index contributed by atoms with van der Waals surface area (Å²) < 4.78 is 23.1. The average molecular weight is 296 g/mol. The van der Waals surface area contributed by atoms with E-state index in [0.29, 0.717) is 18.9 Å². The van der Waals surface area contributed by atoms with Gasteiger partial charge in [0.05, 0.1) is 6.61 Å². The highest BCUT2D eigenvalue weighted by atomic mass is 19.1. The predicted octanol–water partition coefficient (Wildman–Crippen LogP) is 3.49. The Kier molecular flexibility index (Phi) is 7.43. The quantitative estimate of drug-likeness (QED) is 0.544. The molecule has 1 rings (SSSR count). The third-order valence-corrected chi connectivity index (χ3v) is 2.78. The number of esters is 2. The summed E-state index contributed by atoms with van der Waals surface area (Å²) in [6.07, 6.45) is 1.35. The predicted molar refractivity (Wildman–Crippen MR) is 76.3 cm³/mol. The van der Waals surface area contributed by atoms with Crippen LogP contribution in [0.15, 0.2) is 24.3 Å². The molecule has 0 unspecified atom stereocenters. The van der Waals surface area contributed by atoms with E-state index in [2.05, 4.69) is 0 Å². The Labute approximate surface area is 124 Å². The highest BCUT2D eigenvalue weighted by Gasteiger charge is 2.10. The van der Waals surface area contributed by atoms with E-state index in [1.807, 2.05) is 13.8 Å². The fourth-order valence-electron chi connectivity index (χ4n) is 1.56. The maximum absolute atomic E-state index is 13.3. The van der Waals surface area contributed by atoms with E-state index < -0.39 is 11.8 Å². The lowest BCUT2D eigenvalue weighted by molar-refractivity contribution is -0.144. The van der Waals surface area contributed by atoms with E-state index in [9.17, 15) is 14.0 Å². The number of rotatable bonds is 8. The van der Waals surface area contributed by atoms with Crippen LogP contribution in [0, 0.1) is 11.7 Å². The van der Waals surface area contributed by atoms with Gasteiger partial charge < -0.3 is 9.47 Å². The van der Waals surface area contributed by atoms with Crippen molar-refractivity contribution in [3.63, 3.8) is 0 Å². The Hall–Kier alpha value is -1.91. The van der Waals surface area contributed by atoms with Crippen LogP contribution in [-0.2, 0) is 14.3 Å². The molecule has 0 bridgehead atoms. The molecule has 0 saturated heterocycles. The third-order valence-electron chi connectivity index (χ3n) is 2.78. The SMILES string of the molecule is CC(C)CCOC(=O)CCCC(=O)Oc1ccccc1F. The van der Waals surface area contributed by atoms with Gasteiger partial charge in [-0.3, -0.25) is 9.59 Å². The molecule has 0 aliphatic heterocycles. The molecule has 0 fully saturated rings. The van der Waals surface area contributed by atoms with E-state index in [4.69, 9.17) is 9.47 Å². The van der Waals surface area contributed by atoms with Gasteiger partial charge in [-0.2, -0.15) is 0 Å². The number of carbonyl (C=O) groups is 2. The number of carbonyl (C=O) groups excluding carboxylic acids is 2. The Bertz CT molecular complexity index is 471. The minimum absolute atomic E-state index is 0.0492. The van der Waals surface area contributed by atoms with Crippen LogP contribution in [-0.4, -0.2) is 18.5 Å². The van der Waals surface area contributed by atoms with Crippen molar-refractivity contribution in [3.8, 4) is 5.75 Å². The van der Waals surface area contributed by atoms with Gasteiger partial charge in [0.25, 0.3) is 0 Å². The van der Waals surface area contributed by atoms with Crippen LogP contribution in [0.4, 0.5) is 4.39 Å². The number of hydrogen-bond donors (Lipinski definition) is 0. The monoisotopic (exact) mass is 296 g/mol. The topological polar surface area (TPSA) is 52.6 Å². The minimum Gasteiger partial charge on any atom is -0.466 e. The second-order valence-electron chi connectivity index (χ2n) is 5.16. The molecule has 5 heteroatoms. The molecule has 0 amide bonds. The zero-order valence-electron chi connectivity index (χ0n) is 12.4. The summed E-state index contributed by atoms with van der Waals surface area (Å²) in [6.45, 7) is 4.50. The van der Waals surface area contributed by atoms with Crippen molar-refractivity contribution < 1.29 is 23.5 Å². The summed E-state index contributed by atoms with van der Waals surface area (Å²) in [5.74, 6) is -1.08. The normalized spacial score (nSPS) is 10.5. The maximum atomic E-state index is 13.3. The van der Waals surface area contributed by atoms with E-state index >= 15 is 0 Å². The number of benzene rings is 1. The second kappa shape index (κ2) is 9.10. The summed E-state index contributed by atoms with van der Waals surface area (Å²) in [5, 5.41) is 0. The molecule has 21 heavy (non-hydrogen) atoms. The summed E-state index contributed by atoms with van der Waals surface area (Å²) in [5.41, 5.74) is 0. The Morgan fingerprint density at radius 1 is 1.14 bits per heavy atom. The van der Waals surface area contributed by atoms with Crippen molar-refractivity contribution in [1.82, 2.24) is 0 Å². The second-order valence-corrected chi connectivity index (χ2v) is 5.16. The van der Waals surface area contributed by atoms with E-state index in [1.165, 1.54) is 18.2 Å². The molecule has 0 heterocycles. The first-order valence-corrected chi connectivity index (χ1v) is 7.10. The van der Waals surface area contributed by atoms with Gasteiger partial charge in [0.1, 0.15) is 0 Å². The standard InChI is InChI=1S/C16H21FO4/c1-12(2)10-11-20-15(18)8-5-9-16(19)21-14-7-4-3-6-13(14)17/h3-4,6-7,12H,5,8-11H2,1-2H3. The molecular weight excluding hydrogens is 275 g/mol. The molecule has 116 valence electrons. The van der Waals surface area contributed by atoms with Crippen molar-refractivity contribution in [1.29, 1.82) is 0 Å². The lowest BCUT2D eigenvalue weighted by atomic mass is 10.1. The number of halogens is 1. The number of hydrogen-bond acceptors (Lipinski definition) is 4. The zero-order chi connectivity index (χ0) is 15.7. The van der Waals surface area contributed by atoms with Crippen molar-refractivity contribution >= 4 is 11.9 Å². The van der Waals surface area contributed by atoms with Crippen molar-refractivity contribution in [2.24, 2.45) is 5.92 Å². The van der Waals surface area contributed by atoms with Gasteiger partial charge in [0.2, 0.25) is 0 Å². The van der Waals surface area contributed by atoms with Gasteiger partial charge in [-0.25, -0.2) is 4.39 Å². The van der Waals surface area contributed by atoms with Gasteiger partial charge >= 0.3 is 11.9 Å². The van der Waals surface area contributed by atoms with Gasteiger partial charge in [0.15, 0.2) is 11.6 Å². The minimum atomic E-state index is -0.584. The molecule has 0 aromatic heterocycles. The smallest absolute Gasteiger partial charge is 0.311 e. The highest BCUT2D eigenvalue weighted by molar-refractivity contribution is 5.74. The molecule has 0 atom stereocenters. The molecule has 1 aromatic rings. The molecule has 4 nitrogen and oxygen atoms in total. The van der Waals surface area contributed by atoms with E-state index in [1.54, 1.807) is 6.07 Å². The van der Waals surface area contributed by atoms with Crippen LogP contribution in [0.3, 0.4) is 0 Å². The van der Waals surface area contributed by atoms with Gasteiger partial charge in [-0.15, -0.1) is 0 Å². The first-order chi connectivity index (χ1) is 9.99. The lowest BCUT2D eigenvalue weighted by Gasteiger charge is -2.07. The molecule has 0 aliphatic rings. The first-order valence-electron chi connectivity index (χ1n) is 7.10. The summed E-state index contributed by atoms with van der Waals surface area (Å²) in [6, 6.07) is 5.69. The summed E-state index contributed by atoms with van der Waals surface area (Å²) in [7, 11) is 0. The number of ether oxygens (including phenoxy) is 2. The fraction of sp³-hybridized carbons (Fsp3) is 0.500. The molecular formula is C16H21FO4. The maximum Gasteiger partial charge on any atom is 0.311 e. The highest BCUT2D eigenvalue weighted by Crippen LogP contribution is 2.16. The van der Waals surface area contributed by atoms with Gasteiger partial charge in [0, 0.05) is 12.8 Å². The van der Waals surface area contributed by atoms with Gasteiger partial charge in [-0.05, 0) is 30.9 Å². The third kappa shape index (κ3) is 7.44. The Morgan fingerprint density at radius 2 is 1.81 bits per heavy atom. The van der Waals surface area contributed by atoms with Crippen molar-refractivity contribution in [2.45, 2.75) is 39.5 Å². The molecule has 0 radical (unpaired) electrons. The Morgan fingerprint density at radius 3 is 2.48 bits per heavy atom. The first kappa shape index (κ1) is 17.1. The lowest BCUT2D eigenvalue weighted by Crippen LogP contribution is -2.11. The molecule has 1 aromatic carbocycles. The fourth-order valence-corrected chi connectivity index (χ4v) is 1.56. The molecule has 0 saturated carbocycles. The van der Waals surface area contributed by atoms with Crippen molar-refractivity contribution in [2.75, 3.05) is 6.61 Å². The summed E-state index contributed by atoms with van der Waals surface area (Å²) >= 11 is 0.